The van der Waals surface area contributed by atoms with Gasteiger partial charge in [0.25, 0.3) is 0 Å². The van der Waals surface area contributed by atoms with Gasteiger partial charge in [-0.15, -0.1) is 0 Å². The van der Waals surface area contributed by atoms with Crippen molar-refractivity contribution in [1.82, 2.24) is 19.6 Å². The Morgan fingerprint density at radius 1 is 0.903 bits per heavy atom. The monoisotopic (exact) mass is 414 g/mol. The molecule has 0 spiro atoms. The minimum absolute atomic E-state index is 0.128. The largest absolute Gasteiger partial charge is 0.344 e. The highest BCUT2D eigenvalue weighted by molar-refractivity contribution is 5.92. The van der Waals surface area contributed by atoms with Crippen molar-refractivity contribution in [2.24, 2.45) is 11.8 Å². The molecule has 1 aromatic heterocycles. The van der Waals surface area contributed by atoms with Gasteiger partial charge in [-0.25, -0.2) is 4.79 Å². The van der Waals surface area contributed by atoms with Gasteiger partial charge in [-0.05, 0) is 40.7 Å². The van der Waals surface area contributed by atoms with Gasteiger partial charge in [0.05, 0.1) is 0 Å². The summed E-state index contributed by atoms with van der Waals surface area (Å²) in [5.74, 6) is 0.852. The van der Waals surface area contributed by atoms with E-state index in [2.05, 4.69) is 58.5 Å². The van der Waals surface area contributed by atoms with Crippen molar-refractivity contribution in [3.63, 3.8) is 0 Å². The zero-order valence-electron chi connectivity index (χ0n) is 17.6. The van der Waals surface area contributed by atoms with Crippen LogP contribution in [0.3, 0.4) is 0 Å². The first-order valence-corrected chi connectivity index (χ1v) is 10.8. The van der Waals surface area contributed by atoms with E-state index < -0.39 is 0 Å². The molecule has 0 saturated carbocycles. The topological polar surface area (TPSA) is 58.4 Å². The normalized spacial score (nSPS) is 20.7. The number of amides is 1. The van der Waals surface area contributed by atoms with Crippen LogP contribution in [0, 0.1) is 11.8 Å². The number of nitrogens with zero attached hydrogens (tertiary/aromatic N) is 4. The van der Waals surface area contributed by atoms with E-state index in [1.54, 1.807) is 12.3 Å². The van der Waals surface area contributed by atoms with E-state index in [1.807, 2.05) is 11.0 Å². The standard InChI is InChI=1S/C25H26N4O2/c1-18(30)24-10-11-29(26-24)25(31)28-16-22-14-27(15-23(22)17-28)13-19-6-5-9-21(12-19)20-7-3-2-4-8-20/h2-12,22-23H,13-17H2,1H3. The maximum absolute atomic E-state index is 12.8. The summed E-state index contributed by atoms with van der Waals surface area (Å²) >= 11 is 0. The van der Waals surface area contributed by atoms with Gasteiger partial charge in [-0.3, -0.25) is 9.69 Å². The molecule has 6 heteroatoms. The van der Waals surface area contributed by atoms with Crippen molar-refractivity contribution in [1.29, 1.82) is 0 Å². The lowest BCUT2D eigenvalue weighted by molar-refractivity contribution is 0.101. The van der Waals surface area contributed by atoms with Crippen molar-refractivity contribution in [3.05, 3.63) is 78.1 Å². The molecule has 2 unspecified atom stereocenters. The summed E-state index contributed by atoms with van der Waals surface area (Å²) in [7, 11) is 0. The Labute approximate surface area is 182 Å². The number of fused-ring (bicyclic) bond motifs is 1. The predicted octanol–water partition coefficient (Wildman–Crippen LogP) is 3.78. The van der Waals surface area contributed by atoms with Crippen molar-refractivity contribution in [3.8, 4) is 11.1 Å². The second-order valence-corrected chi connectivity index (χ2v) is 8.67. The molecule has 0 radical (unpaired) electrons. The van der Waals surface area contributed by atoms with Crippen LogP contribution in [0.5, 0.6) is 0 Å². The summed E-state index contributed by atoms with van der Waals surface area (Å²) in [5, 5.41) is 4.12. The number of Topliss-reactive ketones (excluding diaryl/α,β-unsaturated/α-hetero) is 1. The molecule has 0 N–H and O–H groups in total. The Morgan fingerprint density at radius 2 is 1.61 bits per heavy atom. The summed E-state index contributed by atoms with van der Waals surface area (Å²) in [6.07, 6.45) is 1.58. The van der Waals surface area contributed by atoms with Gasteiger partial charge >= 0.3 is 6.03 Å². The highest BCUT2D eigenvalue weighted by Crippen LogP contribution is 2.32. The highest BCUT2D eigenvalue weighted by atomic mass is 16.2. The number of carbonyl (C=O) groups is 2. The molecule has 2 fully saturated rings. The maximum atomic E-state index is 12.8. The molecule has 31 heavy (non-hydrogen) atoms. The third-order valence-corrected chi connectivity index (χ3v) is 6.42. The number of rotatable bonds is 4. The van der Waals surface area contributed by atoms with Crippen LogP contribution < -0.4 is 0 Å². The van der Waals surface area contributed by atoms with Gasteiger partial charge in [-0.1, -0.05) is 48.5 Å². The van der Waals surface area contributed by atoms with Gasteiger partial charge in [0, 0.05) is 45.8 Å². The van der Waals surface area contributed by atoms with E-state index in [1.165, 1.54) is 28.3 Å². The van der Waals surface area contributed by atoms with Crippen LogP contribution in [0.1, 0.15) is 23.0 Å². The first-order chi connectivity index (χ1) is 15.1. The quantitative estimate of drug-likeness (QED) is 0.610. The average molecular weight is 415 g/mol. The first-order valence-electron chi connectivity index (χ1n) is 10.8. The van der Waals surface area contributed by atoms with Crippen LogP contribution in [0.4, 0.5) is 4.79 Å². The Hall–Kier alpha value is -3.25. The van der Waals surface area contributed by atoms with Crippen LogP contribution in [0.2, 0.25) is 0 Å². The molecule has 1 amide bonds. The molecular formula is C25H26N4O2. The SMILES string of the molecule is CC(=O)c1ccn(C(=O)N2CC3CN(Cc4cccc(-c5ccccc5)c4)CC3C2)n1. The summed E-state index contributed by atoms with van der Waals surface area (Å²) in [6, 6.07) is 20.7. The third kappa shape index (κ3) is 4.03. The Balaban J connectivity index is 1.20. The molecule has 2 atom stereocenters. The van der Waals surface area contributed by atoms with Gasteiger partial charge in [-0.2, -0.15) is 9.78 Å². The fraction of sp³-hybridized carbons (Fsp3) is 0.320. The number of aromatic nitrogens is 2. The maximum Gasteiger partial charge on any atom is 0.344 e. The number of benzene rings is 2. The number of hydrogen-bond donors (Lipinski definition) is 0. The zero-order chi connectivity index (χ0) is 21.4. The first kappa shape index (κ1) is 19.7. The van der Waals surface area contributed by atoms with Gasteiger partial charge in [0.1, 0.15) is 5.69 Å². The van der Waals surface area contributed by atoms with E-state index in [0.29, 0.717) is 17.5 Å². The molecule has 2 aliphatic heterocycles. The Bertz CT molecular complexity index is 1090. The number of likely N-dealkylation sites (tertiary alicyclic amines) is 2. The van der Waals surface area contributed by atoms with Crippen LogP contribution >= 0.6 is 0 Å². The summed E-state index contributed by atoms with van der Waals surface area (Å²) in [4.78, 5) is 28.6. The minimum Gasteiger partial charge on any atom is -0.322 e. The zero-order valence-corrected chi connectivity index (χ0v) is 17.6. The second-order valence-electron chi connectivity index (χ2n) is 8.67. The van der Waals surface area contributed by atoms with E-state index in [0.717, 1.165) is 32.7 Å². The van der Waals surface area contributed by atoms with Crippen LogP contribution in [-0.2, 0) is 6.54 Å². The smallest absolute Gasteiger partial charge is 0.322 e. The lowest BCUT2D eigenvalue weighted by atomic mass is 10.0. The van der Waals surface area contributed by atoms with Crippen molar-refractivity contribution < 1.29 is 9.59 Å². The van der Waals surface area contributed by atoms with Gasteiger partial charge in [0.2, 0.25) is 0 Å². The molecule has 0 bridgehead atoms. The molecule has 3 heterocycles. The van der Waals surface area contributed by atoms with Gasteiger partial charge in [0.15, 0.2) is 5.78 Å². The molecule has 6 nitrogen and oxygen atoms in total. The fourth-order valence-electron chi connectivity index (χ4n) is 4.88. The van der Waals surface area contributed by atoms with E-state index in [9.17, 15) is 9.59 Å². The number of ketones is 1. The second kappa shape index (κ2) is 8.12. The molecule has 5 rings (SSSR count). The summed E-state index contributed by atoms with van der Waals surface area (Å²) < 4.78 is 1.30. The fourth-order valence-corrected chi connectivity index (χ4v) is 4.88. The molecule has 3 aromatic rings. The van der Waals surface area contributed by atoms with E-state index in [4.69, 9.17) is 0 Å². The summed E-state index contributed by atoms with van der Waals surface area (Å²) in [5.41, 5.74) is 4.14. The molecule has 2 aromatic carbocycles. The molecular weight excluding hydrogens is 388 g/mol. The Morgan fingerprint density at radius 3 is 2.29 bits per heavy atom. The lowest BCUT2D eigenvalue weighted by Crippen LogP contribution is -2.36. The number of carbonyl (C=O) groups excluding carboxylic acids is 2. The van der Waals surface area contributed by atoms with Crippen LogP contribution in [0.15, 0.2) is 66.9 Å². The van der Waals surface area contributed by atoms with Crippen LogP contribution in [-0.4, -0.2) is 57.6 Å². The predicted molar refractivity (Wildman–Crippen MR) is 119 cm³/mol. The van der Waals surface area contributed by atoms with Crippen molar-refractivity contribution in [2.75, 3.05) is 26.2 Å². The number of hydrogen-bond acceptors (Lipinski definition) is 4. The van der Waals surface area contributed by atoms with Crippen LogP contribution in [0.25, 0.3) is 11.1 Å². The molecule has 2 saturated heterocycles. The lowest BCUT2D eigenvalue weighted by Gasteiger charge is -2.21. The molecule has 0 aliphatic carbocycles. The van der Waals surface area contributed by atoms with Crippen molar-refractivity contribution >= 4 is 11.8 Å². The summed E-state index contributed by atoms with van der Waals surface area (Å²) in [6.45, 7) is 5.90. The van der Waals surface area contributed by atoms with Crippen molar-refractivity contribution in [2.45, 2.75) is 13.5 Å². The van der Waals surface area contributed by atoms with Gasteiger partial charge < -0.3 is 4.90 Å². The minimum atomic E-state index is -0.135. The van der Waals surface area contributed by atoms with E-state index >= 15 is 0 Å². The average Bonchev–Trinajstić information content (AvgIpc) is 3.49. The molecule has 158 valence electrons. The Kier molecular flexibility index (Phi) is 5.16. The third-order valence-electron chi connectivity index (χ3n) is 6.42. The highest BCUT2D eigenvalue weighted by Gasteiger charge is 2.41. The molecule has 2 aliphatic rings. The van der Waals surface area contributed by atoms with E-state index in [-0.39, 0.29) is 11.8 Å².